The molecule has 0 aliphatic heterocycles. The summed E-state index contributed by atoms with van der Waals surface area (Å²) in [5.41, 5.74) is 10.4. The molecule has 0 spiro atoms. The molecular formula is C20H25FIN3O. The third kappa shape index (κ3) is 4.66. The Kier molecular flexibility index (Phi) is 6.86. The molecule has 4 nitrogen and oxygen atoms in total. The van der Waals surface area contributed by atoms with E-state index in [-0.39, 0.29) is 41.6 Å². The predicted molar refractivity (Wildman–Crippen MR) is 115 cm³/mol. The van der Waals surface area contributed by atoms with E-state index in [4.69, 9.17) is 10.5 Å². The van der Waals surface area contributed by atoms with E-state index >= 15 is 0 Å². The first-order chi connectivity index (χ1) is 12.0. The molecule has 0 saturated heterocycles. The molecule has 1 aliphatic rings. The van der Waals surface area contributed by atoms with Gasteiger partial charge in [0.25, 0.3) is 0 Å². The third-order valence-electron chi connectivity index (χ3n) is 4.86. The van der Waals surface area contributed by atoms with Crippen molar-refractivity contribution >= 4 is 35.6 Å². The second-order valence-electron chi connectivity index (χ2n) is 6.65. The van der Waals surface area contributed by atoms with Crippen molar-refractivity contribution in [2.45, 2.75) is 38.6 Å². The van der Waals surface area contributed by atoms with Gasteiger partial charge in [-0.15, -0.1) is 24.0 Å². The van der Waals surface area contributed by atoms with E-state index in [1.165, 1.54) is 18.2 Å². The number of methoxy groups -OCH3 is 1. The zero-order valence-electron chi connectivity index (χ0n) is 15.3. The Hall–Kier alpha value is -1.83. The molecule has 1 saturated carbocycles. The molecule has 0 atom stereocenters. The van der Waals surface area contributed by atoms with Crippen LogP contribution >= 0.6 is 24.0 Å². The van der Waals surface area contributed by atoms with Gasteiger partial charge in [-0.1, -0.05) is 12.1 Å². The highest BCUT2D eigenvalue weighted by molar-refractivity contribution is 14.0. The Morgan fingerprint density at radius 3 is 2.50 bits per heavy atom. The number of anilines is 1. The Balaban J connectivity index is 0.00000243. The molecule has 0 bridgehead atoms. The summed E-state index contributed by atoms with van der Waals surface area (Å²) in [5, 5.41) is 3.14. The lowest BCUT2D eigenvalue weighted by Crippen LogP contribution is -2.31. The van der Waals surface area contributed by atoms with Gasteiger partial charge in [-0.25, -0.2) is 9.38 Å². The van der Waals surface area contributed by atoms with Gasteiger partial charge in [0, 0.05) is 5.69 Å². The summed E-state index contributed by atoms with van der Waals surface area (Å²) in [6.45, 7) is 4.14. The van der Waals surface area contributed by atoms with Gasteiger partial charge in [-0.2, -0.15) is 0 Å². The Morgan fingerprint density at radius 2 is 1.88 bits per heavy atom. The largest absolute Gasteiger partial charge is 0.494 e. The fourth-order valence-electron chi connectivity index (χ4n) is 3.10. The van der Waals surface area contributed by atoms with Crippen LogP contribution in [0.3, 0.4) is 0 Å². The van der Waals surface area contributed by atoms with Gasteiger partial charge in [0.05, 0.1) is 13.2 Å². The zero-order valence-corrected chi connectivity index (χ0v) is 17.6. The average molecular weight is 469 g/mol. The molecule has 3 N–H and O–H groups in total. The van der Waals surface area contributed by atoms with Crippen molar-refractivity contribution in [3.8, 4) is 5.75 Å². The van der Waals surface area contributed by atoms with E-state index in [1.54, 1.807) is 12.1 Å². The summed E-state index contributed by atoms with van der Waals surface area (Å²) < 4.78 is 18.8. The topological polar surface area (TPSA) is 59.6 Å². The molecule has 140 valence electrons. The van der Waals surface area contributed by atoms with E-state index in [1.807, 2.05) is 12.1 Å². The molecule has 1 fully saturated rings. The highest BCUT2D eigenvalue weighted by Crippen LogP contribution is 2.39. The maximum atomic E-state index is 13.8. The van der Waals surface area contributed by atoms with Crippen molar-refractivity contribution in [3.05, 3.63) is 58.9 Å². The molecule has 3 rings (SSSR count). The smallest absolute Gasteiger partial charge is 0.193 e. The van der Waals surface area contributed by atoms with E-state index in [0.29, 0.717) is 11.9 Å². The second kappa shape index (κ2) is 8.70. The lowest BCUT2D eigenvalue weighted by Gasteiger charge is -2.33. The number of benzene rings is 2. The summed E-state index contributed by atoms with van der Waals surface area (Å²) in [6.07, 6.45) is 1.75. The maximum Gasteiger partial charge on any atom is 0.193 e. The number of hydrogen-bond donors (Lipinski definition) is 2. The Morgan fingerprint density at radius 1 is 1.15 bits per heavy atom. The molecule has 26 heavy (non-hydrogen) atoms. The molecule has 0 amide bonds. The molecule has 0 unspecified atom stereocenters. The van der Waals surface area contributed by atoms with Crippen LogP contribution in [0.1, 0.15) is 35.4 Å². The Labute approximate surface area is 171 Å². The number of aliphatic imine (C=N–C) groups is 1. The average Bonchev–Trinajstić information content (AvgIpc) is 2.54. The fraction of sp³-hybridized carbons (Fsp3) is 0.350. The quantitative estimate of drug-likeness (QED) is 0.387. The second-order valence-corrected chi connectivity index (χ2v) is 6.65. The molecule has 2 aromatic carbocycles. The molecule has 2 aromatic rings. The number of nitrogens with two attached hydrogens (primary N) is 1. The SMILES string of the molecule is COc1ccc(C2CC(N=C(N)Nc3ccc(C)c(C)c3)C2)cc1F.I. The van der Waals surface area contributed by atoms with Crippen LogP contribution < -0.4 is 15.8 Å². The summed E-state index contributed by atoms with van der Waals surface area (Å²) in [4.78, 5) is 4.53. The minimum Gasteiger partial charge on any atom is -0.494 e. The first kappa shape index (κ1) is 20.5. The number of guanidine groups is 1. The van der Waals surface area contributed by atoms with Crippen LogP contribution in [-0.4, -0.2) is 19.1 Å². The van der Waals surface area contributed by atoms with Crippen molar-refractivity contribution in [3.63, 3.8) is 0 Å². The van der Waals surface area contributed by atoms with Crippen LogP contribution in [0.25, 0.3) is 0 Å². The summed E-state index contributed by atoms with van der Waals surface area (Å²) in [5.74, 6) is 0.707. The number of halogens is 2. The van der Waals surface area contributed by atoms with E-state index in [9.17, 15) is 4.39 Å². The molecule has 1 aliphatic carbocycles. The number of nitrogens with one attached hydrogen (secondary N) is 1. The highest BCUT2D eigenvalue weighted by atomic mass is 127. The summed E-state index contributed by atoms with van der Waals surface area (Å²) in [6, 6.07) is 11.4. The number of rotatable bonds is 4. The lowest BCUT2D eigenvalue weighted by atomic mass is 9.76. The Bertz CT molecular complexity index is 804. The van der Waals surface area contributed by atoms with Crippen LogP contribution in [0.2, 0.25) is 0 Å². The molecule has 0 heterocycles. The van der Waals surface area contributed by atoms with Crippen LogP contribution in [-0.2, 0) is 0 Å². The number of nitrogens with zero attached hydrogens (tertiary/aromatic N) is 1. The van der Waals surface area contributed by atoms with Gasteiger partial charge >= 0.3 is 0 Å². The van der Waals surface area contributed by atoms with Crippen molar-refractivity contribution in [2.75, 3.05) is 12.4 Å². The van der Waals surface area contributed by atoms with Crippen LogP contribution in [0, 0.1) is 19.7 Å². The van der Waals surface area contributed by atoms with Crippen molar-refractivity contribution in [1.82, 2.24) is 0 Å². The number of ether oxygens (including phenoxy) is 1. The summed E-state index contributed by atoms with van der Waals surface area (Å²) >= 11 is 0. The normalized spacial score (nSPS) is 19.3. The van der Waals surface area contributed by atoms with Gasteiger partial charge < -0.3 is 15.8 Å². The fourth-order valence-corrected chi connectivity index (χ4v) is 3.10. The van der Waals surface area contributed by atoms with Crippen molar-refractivity contribution in [2.24, 2.45) is 10.7 Å². The highest BCUT2D eigenvalue weighted by Gasteiger charge is 2.30. The van der Waals surface area contributed by atoms with Gasteiger partial charge in [-0.3, -0.25) is 0 Å². The third-order valence-corrected chi connectivity index (χ3v) is 4.86. The molecule has 0 aromatic heterocycles. The lowest BCUT2D eigenvalue weighted by molar-refractivity contribution is 0.349. The predicted octanol–water partition coefficient (Wildman–Crippen LogP) is 4.74. The first-order valence-electron chi connectivity index (χ1n) is 8.47. The van der Waals surface area contributed by atoms with Crippen LogP contribution in [0.15, 0.2) is 41.4 Å². The van der Waals surface area contributed by atoms with E-state index in [2.05, 4.69) is 36.3 Å². The summed E-state index contributed by atoms with van der Waals surface area (Å²) in [7, 11) is 1.47. The molecule has 6 heteroatoms. The monoisotopic (exact) mass is 469 g/mol. The first-order valence-corrected chi connectivity index (χ1v) is 8.47. The minimum atomic E-state index is -0.317. The van der Waals surface area contributed by atoms with Crippen molar-refractivity contribution in [1.29, 1.82) is 0 Å². The van der Waals surface area contributed by atoms with Crippen LogP contribution in [0.5, 0.6) is 5.75 Å². The molecule has 0 radical (unpaired) electrons. The van der Waals surface area contributed by atoms with Gasteiger partial charge in [0.2, 0.25) is 0 Å². The maximum absolute atomic E-state index is 13.8. The van der Waals surface area contributed by atoms with Gasteiger partial charge in [0.15, 0.2) is 17.5 Å². The zero-order chi connectivity index (χ0) is 18.0. The minimum absolute atomic E-state index is 0. The van der Waals surface area contributed by atoms with E-state index in [0.717, 1.165) is 24.1 Å². The van der Waals surface area contributed by atoms with Crippen molar-refractivity contribution < 1.29 is 9.13 Å². The molecular weight excluding hydrogens is 444 g/mol. The standard InChI is InChI=1S/C20H24FN3O.HI/c1-12-4-6-16(8-13(12)2)23-20(22)24-17-9-15(10-17)14-5-7-19(25-3)18(21)11-14;/h4-8,11,15,17H,9-10H2,1-3H3,(H3,22,23,24);1H. The number of aryl methyl sites for hydroxylation is 2. The van der Waals surface area contributed by atoms with Crippen LogP contribution in [0.4, 0.5) is 10.1 Å². The van der Waals surface area contributed by atoms with Gasteiger partial charge in [0.1, 0.15) is 0 Å². The number of hydrogen-bond acceptors (Lipinski definition) is 2. The van der Waals surface area contributed by atoms with Gasteiger partial charge in [-0.05, 0) is 73.6 Å². The van der Waals surface area contributed by atoms with E-state index < -0.39 is 0 Å².